The lowest BCUT2D eigenvalue weighted by Gasteiger charge is -2.18. The van der Waals surface area contributed by atoms with Crippen molar-refractivity contribution in [1.29, 1.82) is 0 Å². The molecule has 0 saturated carbocycles. The zero-order valence-electron chi connectivity index (χ0n) is 11.3. The molecule has 1 unspecified atom stereocenters. The van der Waals surface area contributed by atoms with E-state index >= 15 is 0 Å². The maximum atomic E-state index is 12.2. The minimum Gasteiger partial charge on any atom is -0.496 e. The highest BCUT2D eigenvalue weighted by Gasteiger charge is 2.26. The van der Waals surface area contributed by atoms with E-state index in [1.54, 1.807) is 19.2 Å². The van der Waals surface area contributed by atoms with E-state index in [0.29, 0.717) is 10.8 Å². The van der Waals surface area contributed by atoms with E-state index in [2.05, 4.69) is 0 Å². The second-order valence-electron chi connectivity index (χ2n) is 4.25. The average molecular weight is 291 g/mol. The summed E-state index contributed by atoms with van der Waals surface area (Å²) in [5, 5.41) is 0.623. The Morgan fingerprint density at radius 2 is 1.70 bits per heavy atom. The molecule has 1 atom stereocenters. The summed E-state index contributed by atoms with van der Waals surface area (Å²) in [6, 6.07) is 14.5. The van der Waals surface area contributed by atoms with Gasteiger partial charge in [-0.1, -0.05) is 41.9 Å². The topological polar surface area (TPSA) is 35.5 Å². The molecular weight excluding hydrogens is 276 g/mol. The van der Waals surface area contributed by atoms with Crippen molar-refractivity contribution in [3.8, 4) is 5.75 Å². The molecule has 0 aliphatic heterocycles. The molecule has 20 heavy (non-hydrogen) atoms. The van der Waals surface area contributed by atoms with Gasteiger partial charge in [-0.15, -0.1) is 0 Å². The summed E-state index contributed by atoms with van der Waals surface area (Å²) in [5.41, 5.74) is 1.58. The molecule has 2 rings (SSSR count). The summed E-state index contributed by atoms with van der Waals surface area (Å²) in [5.74, 6) is -0.219. The van der Waals surface area contributed by atoms with E-state index < -0.39 is 5.92 Å². The number of rotatable bonds is 4. The molecule has 0 aliphatic rings. The van der Waals surface area contributed by atoms with Crippen molar-refractivity contribution >= 4 is 17.6 Å². The molecular formula is C16H15ClO3. The van der Waals surface area contributed by atoms with Crippen LogP contribution in [0.15, 0.2) is 48.5 Å². The Morgan fingerprint density at radius 3 is 2.30 bits per heavy atom. The van der Waals surface area contributed by atoms with Crippen LogP contribution in [-0.2, 0) is 9.53 Å². The van der Waals surface area contributed by atoms with Gasteiger partial charge in [-0.2, -0.15) is 0 Å². The van der Waals surface area contributed by atoms with Crippen molar-refractivity contribution in [1.82, 2.24) is 0 Å². The summed E-state index contributed by atoms with van der Waals surface area (Å²) in [4.78, 5) is 12.2. The lowest BCUT2D eigenvalue weighted by atomic mass is 9.90. The first-order valence-electron chi connectivity index (χ1n) is 6.13. The van der Waals surface area contributed by atoms with E-state index in [1.165, 1.54) is 7.11 Å². The van der Waals surface area contributed by atoms with Gasteiger partial charge in [0.25, 0.3) is 0 Å². The molecule has 0 radical (unpaired) electrons. The maximum Gasteiger partial charge on any atom is 0.317 e. The van der Waals surface area contributed by atoms with Crippen molar-refractivity contribution < 1.29 is 14.3 Å². The number of ether oxygens (including phenoxy) is 2. The Kier molecular flexibility index (Phi) is 4.64. The molecule has 0 fully saturated rings. The van der Waals surface area contributed by atoms with Crippen LogP contribution in [0.1, 0.15) is 17.0 Å². The number of benzene rings is 2. The number of carbonyl (C=O) groups is 1. The van der Waals surface area contributed by atoms with Crippen molar-refractivity contribution in [2.24, 2.45) is 0 Å². The van der Waals surface area contributed by atoms with Crippen LogP contribution in [0.3, 0.4) is 0 Å². The summed E-state index contributed by atoms with van der Waals surface area (Å²) < 4.78 is 10.3. The van der Waals surface area contributed by atoms with Gasteiger partial charge in [0, 0.05) is 10.6 Å². The van der Waals surface area contributed by atoms with E-state index in [-0.39, 0.29) is 5.97 Å². The molecule has 2 aromatic carbocycles. The second kappa shape index (κ2) is 6.44. The number of halogens is 1. The predicted octanol–water partition coefficient (Wildman–Crippen LogP) is 3.65. The number of methoxy groups -OCH3 is 2. The SMILES string of the molecule is COC(=O)C(c1ccc(Cl)cc1)c1ccccc1OC. The zero-order chi connectivity index (χ0) is 14.5. The molecule has 0 heterocycles. The van der Waals surface area contributed by atoms with Crippen LogP contribution in [0.4, 0.5) is 0 Å². The largest absolute Gasteiger partial charge is 0.496 e. The fourth-order valence-corrected chi connectivity index (χ4v) is 2.25. The van der Waals surface area contributed by atoms with Gasteiger partial charge in [0.05, 0.1) is 14.2 Å². The average Bonchev–Trinajstić information content (AvgIpc) is 2.49. The Morgan fingerprint density at radius 1 is 1.05 bits per heavy atom. The first kappa shape index (κ1) is 14.4. The Balaban J connectivity index is 2.53. The first-order chi connectivity index (χ1) is 9.67. The van der Waals surface area contributed by atoms with Crippen LogP contribution in [0, 0.1) is 0 Å². The summed E-state index contributed by atoms with van der Waals surface area (Å²) in [6.45, 7) is 0. The van der Waals surface area contributed by atoms with Crippen LogP contribution in [-0.4, -0.2) is 20.2 Å². The van der Waals surface area contributed by atoms with Gasteiger partial charge in [0.1, 0.15) is 11.7 Å². The first-order valence-corrected chi connectivity index (χ1v) is 6.51. The van der Waals surface area contributed by atoms with Crippen LogP contribution in [0.25, 0.3) is 0 Å². The highest BCUT2D eigenvalue weighted by Crippen LogP contribution is 2.33. The monoisotopic (exact) mass is 290 g/mol. The zero-order valence-corrected chi connectivity index (χ0v) is 12.1. The molecule has 0 spiro atoms. The van der Waals surface area contributed by atoms with Gasteiger partial charge in [-0.05, 0) is 23.8 Å². The highest BCUT2D eigenvalue weighted by atomic mass is 35.5. The quantitative estimate of drug-likeness (QED) is 0.806. The summed E-state index contributed by atoms with van der Waals surface area (Å²) >= 11 is 5.89. The molecule has 0 saturated heterocycles. The van der Waals surface area contributed by atoms with E-state index in [4.69, 9.17) is 21.1 Å². The molecule has 2 aromatic rings. The molecule has 4 heteroatoms. The molecule has 0 aromatic heterocycles. The minimum absolute atomic E-state index is 0.336. The number of hydrogen-bond acceptors (Lipinski definition) is 3. The fourth-order valence-electron chi connectivity index (χ4n) is 2.12. The molecule has 0 bridgehead atoms. The lowest BCUT2D eigenvalue weighted by Crippen LogP contribution is -2.16. The highest BCUT2D eigenvalue weighted by molar-refractivity contribution is 6.30. The smallest absolute Gasteiger partial charge is 0.317 e. The predicted molar refractivity (Wildman–Crippen MR) is 78.3 cm³/mol. The Labute approximate surface area is 123 Å². The third kappa shape index (κ3) is 2.94. The number of esters is 1. The maximum absolute atomic E-state index is 12.2. The van der Waals surface area contributed by atoms with Gasteiger partial charge in [-0.25, -0.2) is 0 Å². The Bertz CT molecular complexity index is 593. The number of carbonyl (C=O) groups excluding carboxylic acids is 1. The van der Waals surface area contributed by atoms with Crippen molar-refractivity contribution in [2.75, 3.05) is 14.2 Å². The third-order valence-electron chi connectivity index (χ3n) is 3.09. The van der Waals surface area contributed by atoms with Crippen LogP contribution in [0.5, 0.6) is 5.75 Å². The minimum atomic E-state index is -0.534. The van der Waals surface area contributed by atoms with E-state index in [9.17, 15) is 4.79 Å². The number of hydrogen-bond donors (Lipinski definition) is 0. The molecule has 0 aliphatic carbocycles. The van der Waals surface area contributed by atoms with Gasteiger partial charge in [0.2, 0.25) is 0 Å². The summed E-state index contributed by atoms with van der Waals surface area (Å²) in [6.07, 6.45) is 0. The standard InChI is InChI=1S/C16H15ClO3/c1-19-14-6-4-3-5-13(14)15(16(18)20-2)11-7-9-12(17)10-8-11/h3-10,15H,1-2H3. The third-order valence-corrected chi connectivity index (χ3v) is 3.34. The van der Waals surface area contributed by atoms with E-state index in [0.717, 1.165) is 11.1 Å². The van der Waals surface area contributed by atoms with Crippen LogP contribution >= 0.6 is 11.6 Å². The van der Waals surface area contributed by atoms with Gasteiger partial charge in [0.15, 0.2) is 0 Å². The second-order valence-corrected chi connectivity index (χ2v) is 4.69. The van der Waals surface area contributed by atoms with Crippen molar-refractivity contribution in [3.63, 3.8) is 0 Å². The normalized spacial score (nSPS) is 11.8. The number of para-hydroxylation sites is 1. The molecule has 104 valence electrons. The summed E-state index contributed by atoms with van der Waals surface area (Å²) in [7, 11) is 2.95. The van der Waals surface area contributed by atoms with Crippen LogP contribution < -0.4 is 4.74 Å². The molecule has 0 N–H and O–H groups in total. The molecule has 3 nitrogen and oxygen atoms in total. The van der Waals surface area contributed by atoms with Gasteiger partial charge in [-0.3, -0.25) is 4.79 Å². The van der Waals surface area contributed by atoms with Crippen molar-refractivity contribution in [2.45, 2.75) is 5.92 Å². The van der Waals surface area contributed by atoms with Crippen LogP contribution in [0.2, 0.25) is 5.02 Å². The van der Waals surface area contributed by atoms with Crippen molar-refractivity contribution in [3.05, 3.63) is 64.7 Å². The fraction of sp³-hybridized carbons (Fsp3) is 0.188. The van der Waals surface area contributed by atoms with E-state index in [1.807, 2.05) is 36.4 Å². The van der Waals surface area contributed by atoms with Gasteiger partial charge >= 0.3 is 5.97 Å². The molecule has 0 amide bonds. The van der Waals surface area contributed by atoms with Gasteiger partial charge < -0.3 is 9.47 Å². The lowest BCUT2D eigenvalue weighted by molar-refractivity contribution is -0.141. The Hall–Kier alpha value is -2.00.